The standard InChI is InChI=1S/C28H31BrN4O7/c1-4-38-24-14-18(13-23(33(36)37)25(24)40-17(3)28(35)39-5-2)16-30-32-26(19-9-7-6-8-10-19)31-22-12-11-20(29)15-21(22)27(32)34/h11-17,19H,4-10H2,1-3H3/t17-/m1/s1. The van der Waals surface area contributed by atoms with Crippen LogP contribution in [0.25, 0.3) is 10.9 Å². The van der Waals surface area contributed by atoms with E-state index in [4.69, 9.17) is 19.2 Å². The molecular formula is C28H31BrN4O7. The minimum absolute atomic E-state index is 0.0646. The minimum Gasteiger partial charge on any atom is -0.490 e. The average molecular weight is 615 g/mol. The summed E-state index contributed by atoms with van der Waals surface area (Å²) in [6, 6.07) is 8.12. The number of esters is 1. The molecule has 1 heterocycles. The predicted molar refractivity (Wildman–Crippen MR) is 154 cm³/mol. The second-order valence-electron chi connectivity index (χ2n) is 9.40. The van der Waals surface area contributed by atoms with Crippen molar-refractivity contribution in [3.8, 4) is 11.5 Å². The summed E-state index contributed by atoms with van der Waals surface area (Å²) < 4.78 is 18.3. The van der Waals surface area contributed by atoms with Gasteiger partial charge < -0.3 is 14.2 Å². The molecule has 1 aliphatic rings. The monoisotopic (exact) mass is 614 g/mol. The molecule has 0 saturated heterocycles. The van der Waals surface area contributed by atoms with E-state index in [1.54, 1.807) is 26.0 Å². The van der Waals surface area contributed by atoms with Crippen molar-refractivity contribution in [3.05, 3.63) is 66.7 Å². The largest absolute Gasteiger partial charge is 0.490 e. The van der Waals surface area contributed by atoms with Crippen molar-refractivity contribution < 1.29 is 23.9 Å². The maximum absolute atomic E-state index is 13.6. The number of benzene rings is 2. The van der Waals surface area contributed by atoms with Crippen LogP contribution in [0.4, 0.5) is 5.69 Å². The molecule has 1 atom stereocenters. The van der Waals surface area contributed by atoms with Gasteiger partial charge in [0, 0.05) is 22.0 Å². The third-order valence-corrected chi connectivity index (χ3v) is 7.09. The molecule has 212 valence electrons. The molecule has 1 fully saturated rings. The number of nitro groups is 1. The summed E-state index contributed by atoms with van der Waals surface area (Å²) in [5.41, 5.74) is 0.156. The second kappa shape index (κ2) is 13.0. The van der Waals surface area contributed by atoms with Crippen LogP contribution in [0, 0.1) is 10.1 Å². The van der Waals surface area contributed by atoms with Gasteiger partial charge in [0.2, 0.25) is 5.75 Å². The molecule has 11 nitrogen and oxygen atoms in total. The van der Waals surface area contributed by atoms with E-state index in [2.05, 4.69) is 21.0 Å². The highest BCUT2D eigenvalue weighted by Crippen LogP contribution is 2.39. The number of halogens is 1. The lowest BCUT2D eigenvalue weighted by atomic mass is 9.88. The first-order valence-electron chi connectivity index (χ1n) is 13.3. The Morgan fingerprint density at radius 1 is 1.23 bits per heavy atom. The summed E-state index contributed by atoms with van der Waals surface area (Å²) in [6.45, 7) is 5.15. The van der Waals surface area contributed by atoms with Crippen LogP contribution >= 0.6 is 15.9 Å². The van der Waals surface area contributed by atoms with Gasteiger partial charge in [-0.1, -0.05) is 35.2 Å². The molecule has 0 N–H and O–H groups in total. The number of aromatic nitrogens is 2. The lowest BCUT2D eigenvalue weighted by Crippen LogP contribution is -2.26. The fraction of sp³-hybridized carbons (Fsp3) is 0.429. The predicted octanol–water partition coefficient (Wildman–Crippen LogP) is 5.73. The highest BCUT2D eigenvalue weighted by atomic mass is 79.9. The normalized spacial score (nSPS) is 14.8. The Hall–Kier alpha value is -3.80. The Morgan fingerprint density at radius 3 is 2.65 bits per heavy atom. The Labute approximate surface area is 239 Å². The topological polar surface area (TPSA) is 135 Å². The molecule has 0 unspecified atom stereocenters. The Kier molecular flexibility index (Phi) is 9.51. The quantitative estimate of drug-likeness (QED) is 0.122. The number of hydrogen-bond acceptors (Lipinski definition) is 9. The molecule has 0 aliphatic heterocycles. The first kappa shape index (κ1) is 29.2. The van der Waals surface area contributed by atoms with Gasteiger partial charge in [0.15, 0.2) is 11.9 Å². The first-order chi connectivity index (χ1) is 19.2. The van der Waals surface area contributed by atoms with E-state index in [-0.39, 0.29) is 36.2 Å². The Morgan fingerprint density at radius 2 is 1.98 bits per heavy atom. The van der Waals surface area contributed by atoms with E-state index in [9.17, 15) is 19.7 Å². The minimum atomic E-state index is -1.10. The Balaban J connectivity index is 1.81. The number of nitro benzene ring substituents is 1. The molecule has 0 spiro atoms. The van der Waals surface area contributed by atoms with Gasteiger partial charge in [0.25, 0.3) is 5.56 Å². The van der Waals surface area contributed by atoms with Gasteiger partial charge in [-0.15, -0.1) is 0 Å². The summed E-state index contributed by atoms with van der Waals surface area (Å²) in [5, 5.41) is 16.9. The SMILES string of the molecule is CCOC(=O)[C@@H](C)Oc1c(OCC)cc(C=Nn2c(C3CCCCC3)nc3ccc(Br)cc3c2=O)cc1[N+](=O)[O-]. The molecular weight excluding hydrogens is 584 g/mol. The number of fused-ring (bicyclic) bond motifs is 1. The van der Waals surface area contributed by atoms with Crippen molar-refractivity contribution in [1.82, 2.24) is 9.66 Å². The van der Waals surface area contributed by atoms with E-state index in [1.165, 1.54) is 29.9 Å². The molecule has 12 heteroatoms. The summed E-state index contributed by atoms with van der Waals surface area (Å²) in [5.74, 6) is -0.148. The van der Waals surface area contributed by atoms with Gasteiger partial charge in [-0.2, -0.15) is 9.78 Å². The van der Waals surface area contributed by atoms with E-state index in [1.807, 2.05) is 6.07 Å². The zero-order valence-electron chi connectivity index (χ0n) is 22.6. The molecule has 2 aromatic carbocycles. The van der Waals surface area contributed by atoms with Crippen molar-refractivity contribution in [2.24, 2.45) is 5.10 Å². The third kappa shape index (κ3) is 6.49. The van der Waals surface area contributed by atoms with Crippen LogP contribution in [0.2, 0.25) is 0 Å². The highest BCUT2D eigenvalue weighted by molar-refractivity contribution is 9.10. The molecule has 1 aromatic heterocycles. The van der Waals surface area contributed by atoms with E-state index >= 15 is 0 Å². The van der Waals surface area contributed by atoms with Crippen LogP contribution in [-0.2, 0) is 9.53 Å². The number of carbonyl (C=O) groups excluding carboxylic acids is 1. The summed E-state index contributed by atoms with van der Waals surface area (Å²) >= 11 is 3.41. The van der Waals surface area contributed by atoms with Crippen LogP contribution in [0.15, 0.2) is 44.7 Å². The van der Waals surface area contributed by atoms with Crippen molar-refractivity contribution in [3.63, 3.8) is 0 Å². The summed E-state index contributed by atoms with van der Waals surface area (Å²) in [6.07, 6.45) is 5.28. The molecule has 40 heavy (non-hydrogen) atoms. The van der Waals surface area contributed by atoms with Gasteiger partial charge in [-0.3, -0.25) is 14.9 Å². The molecule has 3 aromatic rings. The van der Waals surface area contributed by atoms with Crippen LogP contribution in [-0.4, -0.2) is 46.1 Å². The van der Waals surface area contributed by atoms with E-state index < -0.39 is 22.7 Å². The number of nitrogens with zero attached hydrogens (tertiary/aromatic N) is 4. The lowest BCUT2D eigenvalue weighted by molar-refractivity contribution is -0.386. The first-order valence-corrected chi connectivity index (χ1v) is 14.1. The van der Waals surface area contributed by atoms with Crippen molar-refractivity contribution in [2.45, 2.75) is 64.9 Å². The molecule has 0 bridgehead atoms. The van der Waals surface area contributed by atoms with Crippen molar-refractivity contribution in [1.29, 1.82) is 0 Å². The lowest BCUT2D eigenvalue weighted by Gasteiger charge is -2.22. The fourth-order valence-electron chi connectivity index (χ4n) is 4.71. The number of ether oxygens (including phenoxy) is 3. The molecule has 4 rings (SSSR count). The van der Waals surface area contributed by atoms with E-state index in [0.717, 1.165) is 36.6 Å². The smallest absolute Gasteiger partial charge is 0.347 e. The second-order valence-corrected chi connectivity index (χ2v) is 10.3. The number of rotatable bonds is 10. The number of hydrogen-bond donors (Lipinski definition) is 0. The van der Waals surface area contributed by atoms with Gasteiger partial charge in [0.1, 0.15) is 5.82 Å². The molecule has 1 saturated carbocycles. The van der Waals surface area contributed by atoms with Crippen LogP contribution in [0.3, 0.4) is 0 Å². The molecule has 0 amide bonds. The zero-order valence-corrected chi connectivity index (χ0v) is 24.2. The van der Waals surface area contributed by atoms with Crippen LogP contribution < -0.4 is 15.0 Å². The van der Waals surface area contributed by atoms with Crippen LogP contribution in [0.5, 0.6) is 11.5 Å². The number of carbonyl (C=O) groups is 1. The zero-order chi connectivity index (χ0) is 28.8. The summed E-state index contributed by atoms with van der Waals surface area (Å²) in [7, 11) is 0. The van der Waals surface area contributed by atoms with Gasteiger partial charge in [-0.05, 0) is 57.9 Å². The maximum atomic E-state index is 13.6. The van der Waals surface area contributed by atoms with Gasteiger partial charge in [-0.25, -0.2) is 9.78 Å². The fourth-order valence-corrected chi connectivity index (χ4v) is 5.07. The highest BCUT2D eigenvalue weighted by Gasteiger charge is 2.27. The average Bonchev–Trinajstić information content (AvgIpc) is 2.94. The van der Waals surface area contributed by atoms with Gasteiger partial charge >= 0.3 is 11.7 Å². The molecule has 0 radical (unpaired) electrons. The van der Waals surface area contributed by atoms with E-state index in [0.29, 0.717) is 22.3 Å². The Bertz CT molecular complexity index is 1500. The van der Waals surface area contributed by atoms with Crippen molar-refractivity contribution in [2.75, 3.05) is 13.2 Å². The maximum Gasteiger partial charge on any atom is 0.347 e. The third-order valence-electron chi connectivity index (χ3n) is 6.59. The molecule has 1 aliphatic carbocycles. The van der Waals surface area contributed by atoms with Gasteiger partial charge in [0.05, 0.1) is 35.3 Å². The van der Waals surface area contributed by atoms with Crippen molar-refractivity contribution >= 4 is 44.7 Å². The van der Waals surface area contributed by atoms with Crippen LogP contribution in [0.1, 0.15) is 70.2 Å². The summed E-state index contributed by atoms with van der Waals surface area (Å²) in [4.78, 5) is 41.9.